The van der Waals surface area contributed by atoms with Crippen molar-refractivity contribution in [2.75, 3.05) is 0 Å². The molecule has 0 N–H and O–H groups in total. The molecule has 2 aromatic heterocycles. The van der Waals surface area contributed by atoms with Gasteiger partial charge >= 0.3 is 0 Å². The minimum absolute atomic E-state index is 0.324. The Bertz CT molecular complexity index is 407. The van der Waals surface area contributed by atoms with E-state index in [1.165, 1.54) is 0 Å². The molecule has 60 valence electrons. The van der Waals surface area contributed by atoms with Gasteiger partial charge in [0.15, 0.2) is 4.96 Å². The summed E-state index contributed by atoms with van der Waals surface area (Å²) in [6, 6.07) is 0. The predicted molar refractivity (Wildman–Crippen MR) is 45.9 cm³/mol. The summed E-state index contributed by atoms with van der Waals surface area (Å²) in [6.45, 7) is 0.324. The Hall–Kier alpha value is -1.52. The van der Waals surface area contributed by atoms with Gasteiger partial charge in [0.05, 0.1) is 12.2 Å². The topological polar surface area (TPSA) is 66.1 Å². The lowest BCUT2D eigenvalue weighted by Gasteiger charge is -1.80. The van der Waals surface area contributed by atoms with E-state index in [0.29, 0.717) is 6.54 Å². The zero-order chi connectivity index (χ0) is 8.39. The van der Waals surface area contributed by atoms with Gasteiger partial charge in [0, 0.05) is 22.7 Å². The number of nitrogens with zero attached hydrogens (tertiary/aromatic N) is 5. The van der Waals surface area contributed by atoms with Crippen LogP contribution in [0.25, 0.3) is 15.4 Å². The van der Waals surface area contributed by atoms with Crippen molar-refractivity contribution >= 4 is 16.3 Å². The van der Waals surface area contributed by atoms with Crippen molar-refractivity contribution in [1.29, 1.82) is 0 Å². The molecular weight excluding hydrogens is 174 g/mol. The van der Waals surface area contributed by atoms with Gasteiger partial charge in [0.1, 0.15) is 0 Å². The van der Waals surface area contributed by atoms with Gasteiger partial charge < -0.3 is 0 Å². The summed E-state index contributed by atoms with van der Waals surface area (Å²) in [4.78, 5) is 7.82. The summed E-state index contributed by atoms with van der Waals surface area (Å²) in [7, 11) is 0. The van der Waals surface area contributed by atoms with Crippen LogP contribution in [0.3, 0.4) is 0 Å². The molecule has 0 atom stereocenters. The van der Waals surface area contributed by atoms with Crippen LogP contribution in [-0.2, 0) is 6.54 Å². The Labute approximate surface area is 71.9 Å². The Balaban J connectivity index is 2.37. The van der Waals surface area contributed by atoms with Crippen LogP contribution in [0.2, 0.25) is 0 Å². The lowest BCUT2D eigenvalue weighted by Crippen LogP contribution is -1.76. The lowest BCUT2D eigenvalue weighted by atomic mass is 10.5. The fourth-order valence-electron chi connectivity index (χ4n) is 0.956. The SMILES string of the molecule is [N-]=[N+]=NCc1cn2ccsc2n1. The molecule has 6 heteroatoms. The number of rotatable bonds is 2. The Kier molecular flexibility index (Phi) is 1.69. The number of hydrogen-bond acceptors (Lipinski definition) is 3. The summed E-state index contributed by atoms with van der Waals surface area (Å²) in [5.41, 5.74) is 8.88. The molecule has 0 saturated carbocycles. The molecule has 12 heavy (non-hydrogen) atoms. The maximum absolute atomic E-state index is 8.08. The Morgan fingerprint density at radius 1 is 1.75 bits per heavy atom. The van der Waals surface area contributed by atoms with E-state index in [0.717, 1.165) is 10.7 Å². The summed E-state index contributed by atoms with van der Waals surface area (Å²) >= 11 is 1.56. The quantitative estimate of drug-likeness (QED) is 0.396. The first-order valence-corrected chi connectivity index (χ1v) is 4.20. The molecule has 5 nitrogen and oxygen atoms in total. The standard InChI is InChI=1S/C6H5N5S/c7-10-8-3-5-4-11-1-2-12-6(11)9-5/h1-2,4H,3H2. The van der Waals surface area contributed by atoms with E-state index in [2.05, 4.69) is 15.0 Å². The van der Waals surface area contributed by atoms with Crippen molar-refractivity contribution in [3.8, 4) is 0 Å². The molecule has 2 heterocycles. The van der Waals surface area contributed by atoms with Crippen molar-refractivity contribution in [2.45, 2.75) is 6.54 Å². The highest BCUT2D eigenvalue weighted by molar-refractivity contribution is 7.15. The smallest absolute Gasteiger partial charge is 0.193 e. The molecule has 0 bridgehead atoms. The van der Waals surface area contributed by atoms with Gasteiger partial charge in [-0.25, -0.2) is 4.98 Å². The van der Waals surface area contributed by atoms with Gasteiger partial charge in [-0.05, 0) is 5.53 Å². The highest BCUT2D eigenvalue weighted by atomic mass is 32.1. The van der Waals surface area contributed by atoms with Crippen molar-refractivity contribution in [2.24, 2.45) is 5.11 Å². The van der Waals surface area contributed by atoms with Gasteiger partial charge in [-0.1, -0.05) is 5.11 Å². The molecule has 0 saturated heterocycles. The monoisotopic (exact) mass is 179 g/mol. The fraction of sp³-hybridized carbons (Fsp3) is 0.167. The van der Waals surface area contributed by atoms with Crippen molar-refractivity contribution in [3.05, 3.63) is 33.9 Å². The van der Waals surface area contributed by atoms with Crippen LogP contribution < -0.4 is 0 Å². The number of imidazole rings is 1. The third-order valence-electron chi connectivity index (χ3n) is 1.44. The highest BCUT2D eigenvalue weighted by Crippen LogP contribution is 2.11. The molecule has 2 aromatic rings. The molecule has 0 spiro atoms. The first-order chi connectivity index (χ1) is 5.90. The normalized spacial score (nSPS) is 10.0. The zero-order valence-electron chi connectivity index (χ0n) is 6.08. The van der Waals surface area contributed by atoms with Crippen LogP contribution in [0.15, 0.2) is 22.9 Å². The van der Waals surface area contributed by atoms with Crippen molar-refractivity contribution < 1.29 is 0 Å². The van der Waals surface area contributed by atoms with Gasteiger partial charge in [0.2, 0.25) is 0 Å². The molecule has 0 amide bonds. The largest absolute Gasteiger partial charge is 0.297 e. The molecule has 0 aliphatic heterocycles. The van der Waals surface area contributed by atoms with Crippen molar-refractivity contribution in [1.82, 2.24) is 9.38 Å². The van der Waals surface area contributed by atoms with Gasteiger partial charge in [-0.3, -0.25) is 4.40 Å². The molecule has 0 aliphatic rings. The highest BCUT2D eigenvalue weighted by Gasteiger charge is 1.99. The Morgan fingerprint density at radius 3 is 3.42 bits per heavy atom. The van der Waals surface area contributed by atoms with E-state index in [9.17, 15) is 0 Å². The summed E-state index contributed by atoms with van der Waals surface area (Å²) in [6.07, 6.45) is 3.78. The van der Waals surface area contributed by atoms with Crippen LogP contribution in [0.4, 0.5) is 0 Å². The van der Waals surface area contributed by atoms with Crippen LogP contribution in [0.1, 0.15) is 5.69 Å². The van der Waals surface area contributed by atoms with E-state index < -0.39 is 0 Å². The number of aromatic nitrogens is 2. The summed E-state index contributed by atoms with van der Waals surface area (Å²) < 4.78 is 1.91. The lowest BCUT2D eigenvalue weighted by molar-refractivity contribution is 0.998. The van der Waals surface area contributed by atoms with E-state index in [-0.39, 0.29) is 0 Å². The minimum atomic E-state index is 0.324. The molecule has 0 aromatic carbocycles. The van der Waals surface area contributed by atoms with E-state index in [1.807, 2.05) is 22.2 Å². The first-order valence-electron chi connectivity index (χ1n) is 3.32. The molecular formula is C6H5N5S. The molecule has 2 rings (SSSR count). The number of thiazole rings is 1. The average molecular weight is 179 g/mol. The average Bonchev–Trinajstić information content (AvgIpc) is 2.58. The second-order valence-corrected chi connectivity index (χ2v) is 3.09. The van der Waals surface area contributed by atoms with Crippen LogP contribution in [-0.4, -0.2) is 9.38 Å². The third kappa shape index (κ3) is 1.13. The van der Waals surface area contributed by atoms with E-state index in [4.69, 9.17) is 5.53 Å². The minimum Gasteiger partial charge on any atom is -0.297 e. The van der Waals surface area contributed by atoms with E-state index >= 15 is 0 Å². The predicted octanol–water partition coefficient (Wildman–Crippen LogP) is 2.21. The van der Waals surface area contributed by atoms with Crippen LogP contribution in [0.5, 0.6) is 0 Å². The number of hydrogen-bond donors (Lipinski definition) is 0. The summed E-state index contributed by atoms with van der Waals surface area (Å²) in [5, 5.41) is 5.38. The second-order valence-electron chi connectivity index (χ2n) is 2.21. The molecule has 0 aliphatic carbocycles. The Morgan fingerprint density at radius 2 is 2.67 bits per heavy atom. The maximum Gasteiger partial charge on any atom is 0.193 e. The van der Waals surface area contributed by atoms with Gasteiger partial charge in [-0.15, -0.1) is 11.3 Å². The first kappa shape index (κ1) is 7.15. The number of azide groups is 1. The van der Waals surface area contributed by atoms with E-state index in [1.54, 1.807) is 11.3 Å². The second kappa shape index (κ2) is 2.84. The van der Waals surface area contributed by atoms with Crippen molar-refractivity contribution in [3.63, 3.8) is 0 Å². The molecule has 0 radical (unpaired) electrons. The summed E-state index contributed by atoms with van der Waals surface area (Å²) in [5.74, 6) is 0. The number of fused-ring (bicyclic) bond motifs is 1. The maximum atomic E-state index is 8.08. The fourth-order valence-corrected chi connectivity index (χ4v) is 1.68. The third-order valence-corrected chi connectivity index (χ3v) is 2.21. The van der Waals surface area contributed by atoms with Gasteiger partial charge in [0.25, 0.3) is 0 Å². The van der Waals surface area contributed by atoms with Crippen LogP contribution >= 0.6 is 11.3 Å². The molecule has 0 unspecified atom stereocenters. The zero-order valence-corrected chi connectivity index (χ0v) is 6.90. The molecule has 0 fully saturated rings. The van der Waals surface area contributed by atoms with Gasteiger partial charge in [-0.2, -0.15) is 0 Å². The van der Waals surface area contributed by atoms with Crippen LogP contribution in [0, 0.1) is 0 Å².